The van der Waals surface area contributed by atoms with Crippen molar-refractivity contribution < 1.29 is 0 Å². The lowest BCUT2D eigenvalue weighted by Gasteiger charge is -2.25. The highest BCUT2D eigenvalue weighted by atomic mass is 35.5. The van der Waals surface area contributed by atoms with Gasteiger partial charge < -0.3 is 9.88 Å². The second-order valence-electron chi connectivity index (χ2n) is 3.09. The maximum Gasteiger partial charge on any atom is 0.147 e. The number of hydrogen-bond acceptors (Lipinski definition) is 2. The monoisotopic (exact) mass is 263 g/mol. The average Bonchev–Trinajstić information content (AvgIpc) is 2.72. The summed E-state index contributed by atoms with van der Waals surface area (Å²) in [4.78, 5) is 8.96. The smallest absolute Gasteiger partial charge is 0.147 e. The van der Waals surface area contributed by atoms with Crippen molar-refractivity contribution in [2.24, 2.45) is 4.99 Å². The van der Waals surface area contributed by atoms with E-state index < -0.39 is 0 Å². The summed E-state index contributed by atoms with van der Waals surface area (Å²) in [5.74, 6) is 0. The van der Waals surface area contributed by atoms with Crippen LogP contribution in [0.15, 0.2) is 33.5 Å². The van der Waals surface area contributed by atoms with Gasteiger partial charge in [0.2, 0.25) is 0 Å². The zero-order valence-electron chi connectivity index (χ0n) is 7.67. The van der Waals surface area contributed by atoms with Gasteiger partial charge in [0.25, 0.3) is 0 Å². The standard InChI is InChI=1S/C9H8Cl3N3/c10-7-8(11)14-5-15(9(7)12)4-6-2-1-3-13-6/h1-3,13H,4-5H2. The first kappa shape index (κ1) is 10.9. The molecular formula is C9H8Cl3N3. The van der Waals surface area contributed by atoms with E-state index in [-0.39, 0.29) is 5.17 Å². The Morgan fingerprint density at radius 2 is 2.20 bits per heavy atom. The molecule has 80 valence electrons. The summed E-state index contributed by atoms with van der Waals surface area (Å²) < 4.78 is 0. The third kappa shape index (κ3) is 2.30. The topological polar surface area (TPSA) is 31.4 Å². The second-order valence-corrected chi connectivity index (χ2v) is 4.18. The molecule has 6 heteroatoms. The summed E-state index contributed by atoms with van der Waals surface area (Å²) in [5.41, 5.74) is 1.05. The van der Waals surface area contributed by atoms with Gasteiger partial charge in [0.15, 0.2) is 0 Å². The SMILES string of the molecule is ClC1=NCN(Cc2ccc[nH]2)C(Cl)=C1Cl. The van der Waals surface area contributed by atoms with Gasteiger partial charge in [-0.05, 0) is 12.1 Å². The van der Waals surface area contributed by atoms with Crippen LogP contribution in [-0.2, 0) is 6.54 Å². The molecule has 0 bridgehead atoms. The molecule has 0 saturated carbocycles. The Balaban J connectivity index is 2.14. The molecule has 2 heterocycles. The Bertz CT molecular complexity index is 408. The summed E-state index contributed by atoms with van der Waals surface area (Å²) in [6, 6.07) is 3.90. The van der Waals surface area contributed by atoms with E-state index in [4.69, 9.17) is 34.8 Å². The van der Waals surface area contributed by atoms with Crippen LogP contribution >= 0.6 is 34.8 Å². The number of rotatable bonds is 2. The summed E-state index contributed by atoms with van der Waals surface area (Å²) in [5, 5.41) is 1.01. The van der Waals surface area contributed by atoms with Gasteiger partial charge in [-0.3, -0.25) is 0 Å². The molecule has 3 nitrogen and oxygen atoms in total. The number of hydrogen-bond donors (Lipinski definition) is 1. The highest BCUT2D eigenvalue weighted by Crippen LogP contribution is 2.26. The zero-order valence-corrected chi connectivity index (χ0v) is 9.94. The summed E-state index contributed by atoms with van der Waals surface area (Å²) in [7, 11) is 0. The van der Waals surface area contributed by atoms with E-state index >= 15 is 0 Å². The number of aromatic amines is 1. The minimum Gasteiger partial charge on any atom is -0.364 e. The number of nitrogens with one attached hydrogen (secondary N) is 1. The van der Waals surface area contributed by atoms with Crippen molar-refractivity contribution in [3.63, 3.8) is 0 Å². The molecule has 15 heavy (non-hydrogen) atoms. The number of aromatic nitrogens is 1. The van der Waals surface area contributed by atoms with Crippen LogP contribution in [0.2, 0.25) is 0 Å². The molecule has 1 aliphatic heterocycles. The molecular weight excluding hydrogens is 256 g/mol. The summed E-state index contributed by atoms with van der Waals surface area (Å²) in [6.45, 7) is 1.06. The lowest BCUT2D eigenvalue weighted by atomic mass is 10.4. The predicted molar refractivity (Wildman–Crippen MR) is 63.2 cm³/mol. The van der Waals surface area contributed by atoms with Crippen molar-refractivity contribution in [2.45, 2.75) is 6.54 Å². The molecule has 0 aromatic carbocycles. The van der Waals surface area contributed by atoms with Crippen molar-refractivity contribution in [1.29, 1.82) is 0 Å². The maximum atomic E-state index is 6.04. The summed E-state index contributed by atoms with van der Waals surface area (Å²) in [6.07, 6.45) is 1.86. The largest absolute Gasteiger partial charge is 0.364 e. The van der Waals surface area contributed by atoms with Crippen LogP contribution in [0.5, 0.6) is 0 Å². The van der Waals surface area contributed by atoms with E-state index in [1.54, 1.807) is 0 Å². The Labute approximate surface area is 102 Å². The molecule has 0 aliphatic carbocycles. The fourth-order valence-electron chi connectivity index (χ4n) is 1.29. The first-order valence-corrected chi connectivity index (χ1v) is 5.44. The van der Waals surface area contributed by atoms with Crippen LogP contribution in [0.1, 0.15) is 5.69 Å². The Morgan fingerprint density at radius 3 is 2.87 bits per heavy atom. The van der Waals surface area contributed by atoms with Crippen molar-refractivity contribution >= 4 is 40.0 Å². The second kappa shape index (κ2) is 4.47. The molecule has 0 amide bonds. The molecule has 1 N–H and O–H groups in total. The zero-order chi connectivity index (χ0) is 10.8. The summed E-state index contributed by atoms with van der Waals surface area (Å²) >= 11 is 17.7. The van der Waals surface area contributed by atoms with Crippen LogP contribution in [0, 0.1) is 0 Å². The molecule has 0 saturated heterocycles. The molecule has 0 spiro atoms. The number of aliphatic imine (C=N–C) groups is 1. The van der Waals surface area contributed by atoms with E-state index in [0.717, 1.165) is 5.69 Å². The van der Waals surface area contributed by atoms with Crippen LogP contribution < -0.4 is 0 Å². The number of halogens is 3. The minimum atomic E-state index is 0.268. The lowest BCUT2D eigenvalue weighted by Crippen LogP contribution is -2.25. The van der Waals surface area contributed by atoms with Crippen LogP contribution in [0.3, 0.4) is 0 Å². The van der Waals surface area contributed by atoms with Crippen LogP contribution in [0.4, 0.5) is 0 Å². The van der Waals surface area contributed by atoms with Crippen molar-refractivity contribution in [1.82, 2.24) is 9.88 Å². The molecule has 1 aromatic rings. The molecule has 2 rings (SSSR count). The van der Waals surface area contributed by atoms with Gasteiger partial charge in [-0.15, -0.1) is 0 Å². The van der Waals surface area contributed by atoms with Crippen molar-refractivity contribution in [3.05, 3.63) is 34.2 Å². The van der Waals surface area contributed by atoms with Gasteiger partial charge in [0.1, 0.15) is 22.0 Å². The third-order valence-electron chi connectivity index (χ3n) is 2.04. The highest BCUT2D eigenvalue weighted by Gasteiger charge is 2.19. The molecule has 1 aliphatic rings. The lowest BCUT2D eigenvalue weighted by molar-refractivity contribution is 0.362. The van der Waals surface area contributed by atoms with E-state index in [1.165, 1.54) is 0 Å². The van der Waals surface area contributed by atoms with Crippen LogP contribution in [-0.4, -0.2) is 21.7 Å². The van der Waals surface area contributed by atoms with Gasteiger partial charge in [-0.2, -0.15) is 0 Å². The predicted octanol–water partition coefficient (Wildman–Crippen LogP) is 3.07. The Kier molecular flexibility index (Phi) is 3.24. The van der Waals surface area contributed by atoms with Gasteiger partial charge in [-0.25, -0.2) is 4.99 Å². The van der Waals surface area contributed by atoms with E-state index in [0.29, 0.717) is 23.4 Å². The van der Waals surface area contributed by atoms with Crippen molar-refractivity contribution in [2.75, 3.05) is 6.67 Å². The molecule has 0 atom stereocenters. The Morgan fingerprint density at radius 1 is 1.40 bits per heavy atom. The number of nitrogens with zero attached hydrogens (tertiary/aromatic N) is 2. The average molecular weight is 265 g/mol. The fraction of sp³-hybridized carbons (Fsp3) is 0.222. The minimum absolute atomic E-state index is 0.268. The molecule has 0 unspecified atom stereocenters. The van der Waals surface area contributed by atoms with E-state index in [1.807, 2.05) is 23.2 Å². The first-order chi connectivity index (χ1) is 7.18. The molecule has 0 radical (unpaired) electrons. The van der Waals surface area contributed by atoms with Gasteiger partial charge in [-0.1, -0.05) is 34.8 Å². The van der Waals surface area contributed by atoms with E-state index in [2.05, 4.69) is 9.98 Å². The first-order valence-electron chi connectivity index (χ1n) is 4.31. The third-order valence-corrected chi connectivity index (χ3v) is 3.33. The highest BCUT2D eigenvalue weighted by molar-refractivity contribution is 6.77. The van der Waals surface area contributed by atoms with Gasteiger partial charge in [0.05, 0.1) is 6.54 Å². The molecule has 1 aromatic heterocycles. The normalized spacial score (nSPS) is 17.0. The maximum absolute atomic E-state index is 6.04. The van der Waals surface area contributed by atoms with Gasteiger partial charge in [0, 0.05) is 11.9 Å². The fourth-order valence-corrected chi connectivity index (χ4v) is 1.87. The van der Waals surface area contributed by atoms with E-state index in [9.17, 15) is 0 Å². The van der Waals surface area contributed by atoms with Gasteiger partial charge >= 0.3 is 0 Å². The number of H-pyrrole nitrogens is 1. The Hall–Kier alpha value is -0.640. The molecule has 0 fully saturated rings. The number of allylic oxidation sites excluding steroid dienone is 1. The van der Waals surface area contributed by atoms with Crippen LogP contribution in [0.25, 0.3) is 0 Å². The quantitative estimate of drug-likeness (QED) is 0.818. The van der Waals surface area contributed by atoms with Crippen molar-refractivity contribution in [3.8, 4) is 0 Å².